The van der Waals surface area contributed by atoms with Crippen molar-refractivity contribution in [1.29, 1.82) is 0 Å². The van der Waals surface area contributed by atoms with Crippen LogP contribution in [0.4, 0.5) is 13.2 Å². The SMILES string of the molecule is FC(F)(F)c1ccccc1-c1ccc(Cl)c(Cl)c1Cl. The monoisotopic (exact) mass is 324 g/mol. The minimum absolute atomic E-state index is 0.00543. The maximum absolute atomic E-state index is 12.9. The summed E-state index contributed by atoms with van der Waals surface area (Å²) in [5.74, 6) is 0. The Morgan fingerprint density at radius 2 is 1.37 bits per heavy atom. The highest BCUT2D eigenvalue weighted by Gasteiger charge is 2.33. The first-order chi connectivity index (χ1) is 8.82. The summed E-state index contributed by atoms with van der Waals surface area (Å²) in [6.07, 6.45) is -4.47. The van der Waals surface area contributed by atoms with E-state index in [9.17, 15) is 13.2 Å². The topological polar surface area (TPSA) is 0 Å². The number of benzene rings is 2. The van der Waals surface area contributed by atoms with Crippen LogP contribution in [0.15, 0.2) is 36.4 Å². The first kappa shape index (κ1) is 14.5. The Morgan fingerprint density at radius 1 is 0.737 bits per heavy atom. The molecule has 100 valence electrons. The average Bonchev–Trinajstić information content (AvgIpc) is 2.35. The van der Waals surface area contributed by atoms with Gasteiger partial charge in [0, 0.05) is 5.56 Å². The van der Waals surface area contributed by atoms with E-state index >= 15 is 0 Å². The lowest BCUT2D eigenvalue weighted by Crippen LogP contribution is -2.07. The molecule has 0 fully saturated rings. The van der Waals surface area contributed by atoms with E-state index in [0.29, 0.717) is 0 Å². The van der Waals surface area contributed by atoms with Gasteiger partial charge in [-0.2, -0.15) is 13.2 Å². The van der Waals surface area contributed by atoms with Gasteiger partial charge < -0.3 is 0 Å². The largest absolute Gasteiger partial charge is 0.417 e. The maximum atomic E-state index is 12.9. The van der Waals surface area contributed by atoms with Crippen LogP contribution in [-0.2, 0) is 6.18 Å². The van der Waals surface area contributed by atoms with E-state index in [0.717, 1.165) is 6.07 Å². The summed E-state index contributed by atoms with van der Waals surface area (Å²) in [6, 6.07) is 7.99. The van der Waals surface area contributed by atoms with E-state index in [1.165, 1.54) is 30.3 Å². The fourth-order valence-corrected chi connectivity index (χ4v) is 2.34. The summed E-state index contributed by atoms with van der Waals surface area (Å²) < 4.78 is 38.8. The fourth-order valence-electron chi connectivity index (χ4n) is 1.70. The van der Waals surface area contributed by atoms with Crippen LogP contribution >= 0.6 is 34.8 Å². The Morgan fingerprint density at radius 3 is 2.00 bits per heavy atom. The van der Waals surface area contributed by atoms with Crippen LogP contribution in [0.25, 0.3) is 11.1 Å². The van der Waals surface area contributed by atoms with Gasteiger partial charge in [-0.3, -0.25) is 0 Å². The zero-order valence-corrected chi connectivity index (χ0v) is 11.5. The molecule has 0 spiro atoms. The molecule has 0 amide bonds. The van der Waals surface area contributed by atoms with Crippen LogP contribution in [0.3, 0.4) is 0 Å². The van der Waals surface area contributed by atoms with Gasteiger partial charge in [-0.25, -0.2) is 0 Å². The predicted octanol–water partition coefficient (Wildman–Crippen LogP) is 6.33. The quantitative estimate of drug-likeness (QED) is 0.537. The minimum Gasteiger partial charge on any atom is -0.166 e. The molecule has 2 aromatic rings. The van der Waals surface area contributed by atoms with E-state index < -0.39 is 11.7 Å². The second-order valence-corrected chi connectivity index (χ2v) is 4.93. The summed E-state index contributed by atoms with van der Waals surface area (Å²) >= 11 is 17.6. The van der Waals surface area contributed by atoms with Gasteiger partial charge in [-0.1, -0.05) is 59.1 Å². The molecule has 0 bridgehead atoms. The van der Waals surface area contributed by atoms with Crippen LogP contribution in [0.5, 0.6) is 0 Å². The van der Waals surface area contributed by atoms with Crippen LogP contribution in [0, 0.1) is 0 Å². The molecule has 6 heteroatoms. The molecular weight excluding hydrogens is 319 g/mol. The lowest BCUT2D eigenvalue weighted by molar-refractivity contribution is -0.137. The van der Waals surface area contributed by atoms with Crippen LogP contribution < -0.4 is 0 Å². The molecule has 0 aliphatic carbocycles. The van der Waals surface area contributed by atoms with Gasteiger partial charge in [-0.05, 0) is 17.7 Å². The molecule has 0 unspecified atom stereocenters. The molecule has 0 heterocycles. The molecule has 0 saturated carbocycles. The summed E-state index contributed by atoms with van der Waals surface area (Å²) in [5.41, 5.74) is -0.599. The molecule has 0 saturated heterocycles. The Balaban J connectivity index is 2.70. The third kappa shape index (κ3) is 2.83. The third-order valence-corrected chi connectivity index (χ3v) is 3.85. The molecule has 2 aromatic carbocycles. The second-order valence-electron chi connectivity index (χ2n) is 3.77. The highest BCUT2D eigenvalue weighted by atomic mass is 35.5. The lowest BCUT2D eigenvalue weighted by atomic mass is 9.99. The van der Waals surface area contributed by atoms with Crippen molar-refractivity contribution in [2.45, 2.75) is 6.18 Å². The normalized spacial score (nSPS) is 11.7. The van der Waals surface area contributed by atoms with E-state index in [-0.39, 0.29) is 26.2 Å². The zero-order chi connectivity index (χ0) is 14.2. The van der Waals surface area contributed by atoms with Crippen molar-refractivity contribution < 1.29 is 13.2 Å². The zero-order valence-electron chi connectivity index (χ0n) is 9.23. The molecule has 0 atom stereocenters. The molecule has 0 aromatic heterocycles. The molecule has 0 N–H and O–H groups in total. The first-order valence-electron chi connectivity index (χ1n) is 5.12. The lowest BCUT2D eigenvalue weighted by Gasteiger charge is -2.14. The number of alkyl halides is 3. The Hall–Kier alpha value is -0.900. The van der Waals surface area contributed by atoms with Gasteiger partial charge in [0.2, 0.25) is 0 Å². The Labute approximate surface area is 122 Å². The summed E-state index contributed by atoms with van der Waals surface area (Å²) in [4.78, 5) is 0. The van der Waals surface area contributed by atoms with E-state index in [4.69, 9.17) is 34.8 Å². The van der Waals surface area contributed by atoms with Gasteiger partial charge >= 0.3 is 6.18 Å². The maximum Gasteiger partial charge on any atom is 0.417 e. The number of halogens is 6. The van der Waals surface area contributed by atoms with E-state index in [2.05, 4.69) is 0 Å². The predicted molar refractivity (Wildman–Crippen MR) is 71.9 cm³/mol. The van der Waals surface area contributed by atoms with Gasteiger partial charge in [0.05, 0.1) is 20.6 Å². The summed E-state index contributed by atoms with van der Waals surface area (Å²) in [7, 11) is 0. The van der Waals surface area contributed by atoms with Crippen molar-refractivity contribution in [3.05, 3.63) is 57.0 Å². The van der Waals surface area contributed by atoms with Gasteiger partial charge in [0.15, 0.2) is 0 Å². The average molecular weight is 326 g/mol. The van der Waals surface area contributed by atoms with Crippen molar-refractivity contribution in [1.82, 2.24) is 0 Å². The van der Waals surface area contributed by atoms with Crippen molar-refractivity contribution in [2.75, 3.05) is 0 Å². The van der Waals surface area contributed by atoms with Gasteiger partial charge in [0.1, 0.15) is 0 Å². The molecular formula is C13H6Cl3F3. The Bertz CT molecular complexity index is 621. The fraction of sp³-hybridized carbons (Fsp3) is 0.0769. The van der Waals surface area contributed by atoms with Crippen LogP contribution in [0.2, 0.25) is 15.1 Å². The Kier molecular flexibility index (Phi) is 4.00. The van der Waals surface area contributed by atoms with Crippen LogP contribution in [-0.4, -0.2) is 0 Å². The van der Waals surface area contributed by atoms with Gasteiger partial charge in [0.25, 0.3) is 0 Å². The second kappa shape index (κ2) is 5.23. The van der Waals surface area contributed by atoms with Crippen molar-refractivity contribution in [3.63, 3.8) is 0 Å². The van der Waals surface area contributed by atoms with E-state index in [1.54, 1.807) is 0 Å². The van der Waals surface area contributed by atoms with Gasteiger partial charge in [-0.15, -0.1) is 0 Å². The molecule has 0 nitrogen and oxygen atoms in total. The molecule has 19 heavy (non-hydrogen) atoms. The number of hydrogen-bond acceptors (Lipinski definition) is 0. The smallest absolute Gasteiger partial charge is 0.166 e. The standard InChI is InChI=1S/C13H6Cl3F3/c14-10-6-5-8(11(15)12(10)16)7-3-1-2-4-9(7)13(17,18)19/h1-6H. The third-order valence-electron chi connectivity index (χ3n) is 2.56. The van der Waals surface area contributed by atoms with E-state index in [1.807, 2.05) is 0 Å². The summed E-state index contributed by atoms with van der Waals surface area (Å²) in [6.45, 7) is 0. The molecule has 0 aliphatic heterocycles. The molecule has 0 radical (unpaired) electrons. The molecule has 0 aliphatic rings. The number of hydrogen-bond donors (Lipinski definition) is 0. The molecule has 2 rings (SSSR count). The van der Waals surface area contributed by atoms with Crippen molar-refractivity contribution in [3.8, 4) is 11.1 Å². The highest BCUT2D eigenvalue weighted by molar-refractivity contribution is 6.49. The minimum atomic E-state index is -4.47. The summed E-state index contributed by atoms with van der Waals surface area (Å²) in [5, 5.41) is 0.239. The van der Waals surface area contributed by atoms with Crippen molar-refractivity contribution >= 4 is 34.8 Å². The highest BCUT2D eigenvalue weighted by Crippen LogP contribution is 2.42. The van der Waals surface area contributed by atoms with Crippen LogP contribution in [0.1, 0.15) is 5.56 Å². The number of rotatable bonds is 1. The van der Waals surface area contributed by atoms with Crippen molar-refractivity contribution in [2.24, 2.45) is 0 Å². The first-order valence-corrected chi connectivity index (χ1v) is 6.26.